The Bertz CT molecular complexity index is 430. The lowest BCUT2D eigenvalue weighted by molar-refractivity contribution is -0.122. The van der Waals surface area contributed by atoms with Gasteiger partial charge in [-0.15, -0.1) is 11.6 Å². The van der Waals surface area contributed by atoms with Crippen molar-refractivity contribution in [2.45, 2.75) is 49.9 Å². The molecule has 1 aliphatic carbocycles. The normalized spacial score (nSPS) is 25.6. The summed E-state index contributed by atoms with van der Waals surface area (Å²) < 4.78 is 0. The molecule has 1 atom stereocenters. The summed E-state index contributed by atoms with van der Waals surface area (Å²) in [6.07, 6.45) is 7.49. The van der Waals surface area contributed by atoms with Crippen LogP contribution in [0, 0.1) is 0 Å². The van der Waals surface area contributed by atoms with Crippen LogP contribution in [0.3, 0.4) is 0 Å². The Labute approximate surface area is 123 Å². The first-order chi connectivity index (χ1) is 9.66. The second-order valence-electron chi connectivity index (χ2n) is 5.06. The van der Waals surface area contributed by atoms with Crippen molar-refractivity contribution in [1.82, 2.24) is 10.7 Å². The van der Waals surface area contributed by atoms with Crippen molar-refractivity contribution in [3.8, 4) is 0 Å². The van der Waals surface area contributed by atoms with Gasteiger partial charge in [0.15, 0.2) is 5.38 Å². The highest BCUT2D eigenvalue weighted by atomic mass is 35.5. The van der Waals surface area contributed by atoms with Gasteiger partial charge >= 0.3 is 0 Å². The van der Waals surface area contributed by atoms with Crippen LogP contribution in [0.2, 0.25) is 0 Å². The van der Waals surface area contributed by atoms with E-state index >= 15 is 0 Å². The molecule has 0 radical (unpaired) electrons. The third kappa shape index (κ3) is 4.30. The number of aliphatic imine (C=N–C) groups is 1. The van der Waals surface area contributed by atoms with E-state index in [-0.39, 0.29) is 11.8 Å². The number of nitrogens with one attached hydrogen (secondary N) is 2. The molecule has 2 amide bonds. The second kappa shape index (κ2) is 7.38. The van der Waals surface area contributed by atoms with Gasteiger partial charge in [-0.05, 0) is 12.8 Å². The van der Waals surface area contributed by atoms with E-state index in [0.29, 0.717) is 24.7 Å². The summed E-state index contributed by atoms with van der Waals surface area (Å²) in [6, 6.07) is 0.312. The Morgan fingerprint density at radius 1 is 1.45 bits per heavy atom. The molecule has 7 heteroatoms. The highest BCUT2D eigenvalue weighted by Gasteiger charge is 2.23. The fourth-order valence-electron chi connectivity index (χ4n) is 2.37. The first kappa shape index (κ1) is 15.0. The largest absolute Gasteiger partial charge is 0.353 e. The number of alkyl halides is 1. The van der Waals surface area contributed by atoms with Crippen LogP contribution < -0.4 is 10.7 Å². The molecule has 0 aromatic heterocycles. The van der Waals surface area contributed by atoms with Crippen LogP contribution in [0.1, 0.15) is 38.5 Å². The number of amides is 2. The zero-order chi connectivity index (χ0) is 14.4. The molecular weight excluding hydrogens is 280 g/mol. The summed E-state index contributed by atoms with van der Waals surface area (Å²) in [5, 5.41) is 5.84. The molecule has 2 rings (SSSR count). The summed E-state index contributed by atoms with van der Waals surface area (Å²) >= 11 is 5.87. The second-order valence-corrected chi connectivity index (χ2v) is 5.49. The van der Waals surface area contributed by atoms with Crippen molar-refractivity contribution in [2.75, 3.05) is 6.54 Å². The van der Waals surface area contributed by atoms with E-state index in [0.717, 1.165) is 12.8 Å². The van der Waals surface area contributed by atoms with Gasteiger partial charge in [0.05, 0.1) is 11.9 Å². The smallest absolute Gasteiger partial charge is 0.264 e. The highest BCUT2D eigenvalue weighted by molar-refractivity contribution is 6.54. The van der Waals surface area contributed by atoms with Gasteiger partial charge in [-0.1, -0.05) is 19.3 Å². The van der Waals surface area contributed by atoms with E-state index in [1.54, 1.807) is 0 Å². The molecule has 0 aromatic carbocycles. The lowest BCUT2D eigenvalue weighted by Gasteiger charge is -2.22. The SMILES string of the molecule is O=C(CCN=C1C=NNC(=O)C1Cl)NC1CCCCC1. The third-order valence-corrected chi connectivity index (χ3v) is 3.89. The molecule has 2 aliphatic rings. The van der Waals surface area contributed by atoms with Crippen LogP contribution in [0.15, 0.2) is 10.1 Å². The van der Waals surface area contributed by atoms with Crippen LogP contribution in [0.4, 0.5) is 0 Å². The fourth-order valence-corrected chi connectivity index (χ4v) is 2.55. The van der Waals surface area contributed by atoms with Gasteiger partial charge in [0.2, 0.25) is 5.91 Å². The van der Waals surface area contributed by atoms with E-state index in [9.17, 15) is 9.59 Å². The Morgan fingerprint density at radius 2 is 2.20 bits per heavy atom. The number of hydrazone groups is 1. The topological polar surface area (TPSA) is 82.9 Å². The highest BCUT2D eigenvalue weighted by Crippen LogP contribution is 2.17. The van der Waals surface area contributed by atoms with E-state index in [4.69, 9.17) is 11.6 Å². The predicted octanol–water partition coefficient (Wildman–Crippen LogP) is 0.989. The summed E-state index contributed by atoms with van der Waals surface area (Å²) in [5.41, 5.74) is 2.66. The van der Waals surface area contributed by atoms with Crippen LogP contribution in [0.5, 0.6) is 0 Å². The Morgan fingerprint density at radius 3 is 2.95 bits per heavy atom. The lowest BCUT2D eigenvalue weighted by Crippen LogP contribution is -2.39. The minimum absolute atomic E-state index is 0.00423. The molecule has 1 saturated carbocycles. The van der Waals surface area contributed by atoms with Crippen LogP contribution in [0.25, 0.3) is 0 Å². The monoisotopic (exact) mass is 298 g/mol. The Kier molecular flexibility index (Phi) is 5.52. The zero-order valence-corrected chi connectivity index (χ0v) is 12.0. The first-order valence-corrected chi connectivity index (χ1v) is 7.41. The molecule has 1 unspecified atom stereocenters. The van der Waals surface area contributed by atoms with Gasteiger partial charge in [0.1, 0.15) is 0 Å². The maximum absolute atomic E-state index is 11.8. The average molecular weight is 299 g/mol. The summed E-state index contributed by atoms with van der Waals surface area (Å²) in [5.74, 6) is -0.385. The van der Waals surface area contributed by atoms with Crippen LogP contribution in [-0.4, -0.2) is 41.7 Å². The average Bonchev–Trinajstić information content (AvgIpc) is 2.44. The van der Waals surface area contributed by atoms with E-state index in [1.165, 1.54) is 25.5 Å². The summed E-state index contributed by atoms with van der Waals surface area (Å²) in [6.45, 7) is 0.316. The Hall–Kier alpha value is -1.43. The van der Waals surface area contributed by atoms with Crippen molar-refractivity contribution in [2.24, 2.45) is 10.1 Å². The number of halogens is 1. The molecule has 0 saturated heterocycles. The minimum atomic E-state index is -0.825. The number of carbonyl (C=O) groups is 2. The van der Waals surface area contributed by atoms with Crippen molar-refractivity contribution in [1.29, 1.82) is 0 Å². The molecule has 6 nitrogen and oxygen atoms in total. The maximum atomic E-state index is 11.8. The van der Waals surface area contributed by atoms with Gasteiger partial charge in [0, 0.05) is 19.0 Å². The first-order valence-electron chi connectivity index (χ1n) is 6.97. The van der Waals surface area contributed by atoms with Crippen LogP contribution >= 0.6 is 11.6 Å². The Balaban J connectivity index is 1.74. The van der Waals surface area contributed by atoms with Crippen molar-refractivity contribution < 1.29 is 9.59 Å². The maximum Gasteiger partial charge on any atom is 0.264 e. The van der Waals surface area contributed by atoms with Gasteiger partial charge in [-0.2, -0.15) is 5.10 Å². The van der Waals surface area contributed by atoms with Crippen LogP contribution in [-0.2, 0) is 9.59 Å². The number of hydrogen-bond donors (Lipinski definition) is 2. The van der Waals surface area contributed by atoms with Gasteiger partial charge < -0.3 is 5.32 Å². The molecule has 0 bridgehead atoms. The third-order valence-electron chi connectivity index (χ3n) is 3.46. The molecule has 110 valence electrons. The van der Waals surface area contributed by atoms with Crippen molar-refractivity contribution in [3.63, 3.8) is 0 Å². The minimum Gasteiger partial charge on any atom is -0.353 e. The number of nitrogens with zero attached hydrogens (tertiary/aromatic N) is 2. The van der Waals surface area contributed by atoms with Crippen molar-refractivity contribution >= 4 is 35.3 Å². The standard InChI is InChI=1S/C13H19ClN4O2/c14-12-10(8-16-18-13(12)20)15-7-6-11(19)17-9-4-2-1-3-5-9/h8-9,12H,1-7H2,(H,17,19)(H,18,20). The van der Waals surface area contributed by atoms with E-state index in [2.05, 4.69) is 20.8 Å². The van der Waals surface area contributed by atoms with E-state index in [1.807, 2.05) is 0 Å². The summed E-state index contributed by atoms with van der Waals surface area (Å²) in [4.78, 5) is 27.2. The van der Waals surface area contributed by atoms with Crippen molar-refractivity contribution in [3.05, 3.63) is 0 Å². The number of carbonyl (C=O) groups excluding carboxylic acids is 2. The predicted molar refractivity (Wildman–Crippen MR) is 78.2 cm³/mol. The molecule has 1 fully saturated rings. The molecule has 0 spiro atoms. The quantitative estimate of drug-likeness (QED) is 0.759. The van der Waals surface area contributed by atoms with Gasteiger partial charge in [-0.3, -0.25) is 14.6 Å². The lowest BCUT2D eigenvalue weighted by atomic mass is 9.95. The molecule has 20 heavy (non-hydrogen) atoms. The van der Waals surface area contributed by atoms with Gasteiger partial charge in [0.25, 0.3) is 5.91 Å². The van der Waals surface area contributed by atoms with Gasteiger partial charge in [-0.25, -0.2) is 5.43 Å². The number of hydrogen-bond acceptors (Lipinski definition) is 4. The molecular formula is C13H19ClN4O2. The molecule has 0 aromatic rings. The molecule has 2 N–H and O–H groups in total. The number of rotatable bonds is 4. The molecule has 1 aliphatic heterocycles. The zero-order valence-electron chi connectivity index (χ0n) is 11.3. The molecule has 1 heterocycles. The summed E-state index contributed by atoms with van der Waals surface area (Å²) in [7, 11) is 0. The van der Waals surface area contributed by atoms with E-state index < -0.39 is 5.38 Å². The fraction of sp³-hybridized carbons (Fsp3) is 0.692.